The molecular weight excluding hydrogens is 278 g/mol. The van der Waals surface area contributed by atoms with Gasteiger partial charge < -0.3 is 10.5 Å². The van der Waals surface area contributed by atoms with Crippen LogP contribution in [0, 0.1) is 0 Å². The van der Waals surface area contributed by atoms with Crippen LogP contribution in [-0.2, 0) is 6.42 Å². The molecule has 0 heterocycles. The van der Waals surface area contributed by atoms with E-state index >= 15 is 0 Å². The second kappa shape index (κ2) is 6.41. The molecule has 1 aliphatic rings. The first-order valence-corrected chi connectivity index (χ1v) is 7.24. The average molecular weight is 298 g/mol. The van der Waals surface area contributed by atoms with Crippen molar-refractivity contribution >= 4 is 15.9 Å². The summed E-state index contributed by atoms with van der Waals surface area (Å²) >= 11 is 3.52. The van der Waals surface area contributed by atoms with Crippen LogP contribution in [0.1, 0.15) is 37.7 Å². The summed E-state index contributed by atoms with van der Waals surface area (Å²) in [5.41, 5.74) is 6.84. The van der Waals surface area contributed by atoms with Crippen LogP contribution in [0.2, 0.25) is 0 Å². The molecule has 1 aromatic carbocycles. The zero-order valence-corrected chi connectivity index (χ0v) is 11.7. The molecule has 0 unspecified atom stereocenters. The SMILES string of the molecule is NCCCCc1cc(Br)ccc1OC1CCC1. The van der Waals surface area contributed by atoms with Crippen molar-refractivity contribution in [2.75, 3.05) is 6.54 Å². The summed E-state index contributed by atoms with van der Waals surface area (Å²) in [6.45, 7) is 0.771. The molecule has 0 bridgehead atoms. The Kier molecular flexibility index (Phi) is 4.86. The molecule has 1 aromatic rings. The monoisotopic (exact) mass is 297 g/mol. The molecule has 1 aliphatic carbocycles. The fraction of sp³-hybridized carbons (Fsp3) is 0.571. The van der Waals surface area contributed by atoms with Gasteiger partial charge in [0.25, 0.3) is 0 Å². The molecule has 0 amide bonds. The molecule has 0 atom stereocenters. The highest BCUT2D eigenvalue weighted by atomic mass is 79.9. The van der Waals surface area contributed by atoms with Crippen molar-refractivity contribution in [3.8, 4) is 5.75 Å². The van der Waals surface area contributed by atoms with E-state index in [1.54, 1.807) is 0 Å². The van der Waals surface area contributed by atoms with E-state index in [-0.39, 0.29) is 0 Å². The van der Waals surface area contributed by atoms with Gasteiger partial charge in [-0.3, -0.25) is 0 Å². The van der Waals surface area contributed by atoms with Crippen LogP contribution in [0.5, 0.6) is 5.75 Å². The van der Waals surface area contributed by atoms with Gasteiger partial charge in [0, 0.05) is 4.47 Å². The minimum absolute atomic E-state index is 0.449. The fourth-order valence-corrected chi connectivity index (χ4v) is 2.39. The summed E-state index contributed by atoms with van der Waals surface area (Å²) in [4.78, 5) is 0. The number of hydrogen-bond acceptors (Lipinski definition) is 2. The summed E-state index contributed by atoms with van der Waals surface area (Å²) in [6, 6.07) is 6.31. The third kappa shape index (κ3) is 3.71. The first kappa shape index (κ1) is 12.9. The third-order valence-corrected chi connectivity index (χ3v) is 3.76. The van der Waals surface area contributed by atoms with Gasteiger partial charge in [-0.1, -0.05) is 15.9 Å². The number of hydrogen-bond donors (Lipinski definition) is 1. The molecule has 94 valence electrons. The maximum atomic E-state index is 6.02. The summed E-state index contributed by atoms with van der Waals surface area (Å²) < 4.78 is 7.14. The van der Waals surface area contributed by atoms with E-state index in [0.29, 0.717) is 6.10 Å². The molecule has 1 saturated carbocycles. The van der Waals surface area contributed by atoms with E-state index < -0.39 is 0 Å². The zero-order chi connectivity index (χ0) is 12.1. The Bertz CT molecular complexity index is 363. The Morgan fingerprint density at radius 1 is 1.29 bits per heavy atom. The van der Waals surface area contributed by atoms with Gasteiger partial charge in [-0.25, -0.2) is 0 Å². The number of benzene rings is 1. The maximum absolute atomic E-state index is 6.02. The van der Waals surface area contributed by atoms with Crippen LogP contribution in [0.15, 0.2) is 22.7 Å². The second-order valence-corrected chi connectivity index (χ2v) is 5.58. The highest BCUT2D eigenvalue weighted by molar-refractivity contribution is 9.10. The highest BCUT2D eigenvalue weighted by Gasteiger charge is 2.20. The van der Waals surface area contributed by atoms with Crippen molar-refractivity contribution in [2.24, 2.45) is 5.73 Å². The first-order valence-electron chi connectivity index (χ1n) is 6.45. The quantitative estimate of drug-likeness (QED) is 0.813. The van der Waals surface area contributed by atoms with Gasteiger partial charge >= 0.3 is 0 Å². The van der Waals surface area contributed by atoms with Gasteiger partial charge in [0.15, 0.2) is 0 Å². The number of nitrogens with two attached hydrogens (primary N) is 1. The Morgan fingerprint density at radius 2 is 2.12 bits per heavy atom. The third-order valence-electron chi connectivity index (χ3n) is 3.27. The number of unbranched alkanes of at least 4 members (excludes halogenated alkanes) is 1. The van der Waals surface area contributed by atoms with Crippen molar-refractivity contribution < 1.29 is 4.74 Å². The maximum Gasteiger partial charge on any atom is 0.122 e. The van der Waals surface area contributed by atoms with E-state index in [9.17, 15) is 0 Å². The van der Waals surface area contributed by atoms with E-state index in [2.05, 4.69) is 34.1 Å². The Labute approximate surface area is 112 Å². The van der Waals surface area contributed by atoms with E-state index in [1.807, 2.05) is 0 Å². The number of aryl methyl sites for hydroxylation is 1. The molecule has 2 rings (SSSR count). The van der Waals surface area contributed by atoms with Crippen LogP contribution in [0.3, 0.4) is 0 Å². The fourth-order valence-electron chi connectivity index (χ4n) is 1.99. The molecule has 17 heavy (non-hydrogen) atoms. The van der Waals surface area contributed by atoms with Crippen LogP contribution >= 0.6 is 15.9 Å². The number of rotatable bonds is 6. The van der Waals surface area contributed by atoms with Crippen molar-refractivity contribution in [2.45, 2.75) is 44.6 Å². The molecule has 3 heteroatoms. The molecule has 0 aliphatic heterocycles. The van der Waals surface area contributed by atoms with Gasteiger partial charge in [-0.05, 0) is 68.8 Å². The molecule has 0 saturated heterocycles. The Balaban J connectivity index is 2.00. The van der Waals surface area contributed by atoms with Gasteiger partial charge in [-0.2, -0.15) is 0 Å². The average Bonchev–Trinajstić information content (AvgIpc) is 2.26. The molecule has 2 N–H and O–H groups in total. The predicted octanol–water partition coefficient (Wildman–Crippen LogP) is 3.66. The minimum Gasteiger partial charge on any atom is -0.490 e. The molecule has 2 nitrogen and oxygen atoms in total. The molecule has 0 spiro atoms. The predicted molar refractivity (Wildman–Crippen MR) is 74.4 cm³/mol. The molecule has 1 fully saturated rings. The molecular formula is C14H20BrNO. The number of ether oxygens (including phenoxy) is 1. The lowest BCUT2D eigenvalue weighted by Crippen LogP contribution is -2.25. The van der Waals surface area contributed by atoms with Crippen LogP contribution in [0.4, 0.5) is 0 Å². The van der Waals surface area contributed by atoms with Crippen LogP contribution < -0.4 is 10.5 Å². The van der Waals surface area contributed by atoms with Gasteiger partial charge in [0.1, 0.15) is 5.75 Å². The largest absolute Gasteiger partial charge is 0.490 e. The number of halogens is 1. The highest BCUT2D eigenvalue weighted by Crippen LogP contribution is 2.30. The summed E-state index contributed by atoms with van der Waals surface area (Å²) in [6.07, 6.45) is 7.44. The Hall–Kier alpha value is -0.540. The standard InChI is InChI=1S/C14H20BrNO/c15-12-7-8-14(17-13-5-3-6-13)11(10-12)4-1-2-9-16/h7-8,10,13H,1-6,9,16H2. The van der Waals surface area contributed by atoms with E-state index in [4.69, 9.17) is 10.5 Å². The smallest absolute Gasteiger partial charge is 0.122 e. The first-order chi connectivity index (χ1) is 8.29. The summed E-state index contributed by atoms with van der Waals surface area (Å²) in [5.74, 6) is 1.06. The van der Waals surface area contributed by atoms with Gasteiger partial charge in [0.2, 0.25) is 0 Å². The van der Waals surface area contributed by atoms with Crippen molar-refractivity contribution in [3.05, 3.63) is 28.2 Å². The molecule has 0 radical (unpaired) electrons. The minimum atomic E-state index is 0.449. The summed E-state index contributed by atoms with van der Waals surface area (Å²) in [7, 11) is 0. The van der Waals surface area contributed by atoms with Crippen molar-refractivity contribution in [3.63, 3.8) is 0 Å². The van der Waals surface area contributed by atoms with E-state index in [0.717, 1.165) is 36.0 Å². The van der Waals surface area contributed by atoms with Crippen LogP contribution in [-0.4, -0.2) is 12.6 Å². The van der Waals surface area contributed by atoms with Gasteiger partial charge in [0.05, 0.1) is 6.10 Å². The lowest BCUT2D eigenvalue weighted by Gasteiger charge is -2.27. The summed E-state index contributed by atoms with van der Waals surface area (Å²) in [5, 5.41) is 0. The lowest BCUT2D eigenvalue weighted by atomic mass is 9.96. The van der Waals surface area contributed by atoms with Crippen molar-refractivity contribution in [1.29, 1.82) is 0 Å². The lowest BCUT2D eigenvalue weighted by molar-refractivity contribution is 0.119. The molecule has 0 aromatic heterocycles. The second-order valence-electron chi connectivity index (χ2n) is 4.67. The normalized spacial score (nSPS) is 15.6. The Morgan fingerprint density at radius 3 is 2.76 bits per heavy atom. The van der Waals surface area contributed by atoms with Crippen molar-refractivity contribution in [1.82, 2.24) is 0 Å². The van der Waals surface area contributed by atoms with E-state index in [1.165, 1.54) is 24.8 Å². The van der Waals surface area contributed by atoms with Crippen LogP contribution in [0.25, 0.3) is 0 Å². The van der Waals surface area contributed by atoms with Gasteiger partial charge in [-0.15, -0.1) is 0 Å². The zero-order valence-electron chi connectivity index (χ0n) is 10.1. The topological polar surface area (TPSA) is 35.2 Å².